The zero-order valence-corrected chi connectivity index (χ0v) is 38.6. The highest BCUT2D eigenvalue weighted by Gasteiger charge is 2.93. The molecule has 10 aliphatic rings. The number of aliphatic hydroxyl groups excluding tert-OH is 3. The monoisotopic (exact) mass is 908 g/mol. The van der Waals surface area contributed by atoms with E-state index in [1.54, 1.807) is 6.26 Å². The van der Waals surface area contributed by atoms with Gasteiger partial charge in [-0.25, -0.2) is 4.79 Å². The van der Waals surface area contributed by atoms with Crippen molar-refractivity contribution in [3.05, 3.63) is 71.8 Å². The number of ketones is 1. The number of esters is 2. The number of nitrogens with one attached hydrogen (secondary N) is 1. The first-order valence-corrected chi connectivity index (χ1v) is 25.3. The maximum Gasteiger partial charge on any atom is 0.339 e. The molecular weight excluding hydrogens is 841 g/mol. The fourth-order valence-corrected chi connectivity index (χ4v) is 17.7. The number of epoxide rings is 1. The van der Waals surface area contributed by atoms with Crippen LogP contribution in [0.1, 0.15) is 108 Å². The highest BCUT2D eigenvalue weighted by Crippen LogP contribution is 2.82. The Hall–Kier alpha value is -3.59. The molecule has 4 saturated carbocycles. The van der Waals surface area contributed by atoms with Crippen LogP contribution in [0.4, 0.5) is 0 Å². The Morgan fingerprint density at radius 1 is 0.970 bits per heavy atom. The molecule has 2 spiro atoms. The standard InChI is InChI=1S/C53H68N2O11/c1-49(2)44-43(59)45(60)52(33-11-7-10-30(21-33)20-29-8-5-4-6-9-29)40(51(44)27-63-42(58)24-41(51)65-49)14-17-50(3)46(64-48(61)47-53(50,52)66-47)35-16-19-62-39(35)23-36(38(57)26-56)31-12-13-34-32(22-31)15-18-55-28-54-25-37(34)55/h4-6,8-9,15-16,18-19,30-34,36-38,40-41,44-47,54,56-57,60H,7,10-14,17,20-28H2,1-3H3. The summed E-state index contributed by atoms with van der Waals surface area (Å²) in [5.74, 6) is -0.889. The lowest BCUT2D eigenvalue weighted by molar-refractivity contribution is -0.276. The summed E-state index contributed by atoms with van der Waals surface area (Å²) in [5, 5.41) is 39.1. The second kappa shape index (κ2) is 15.5. The molecule has 0 radical (unpaired) electrons. The SMILES string of the molecule is CC1(C)OC2CC(=O)OCC23C1C(=O)C(O)C1(C2CCCC(Cc4ccccc4)C2)C3CCC2(C)C(c3ccoc3CC(C(O)CO)C3CCC4C(C=CN5CNCC45)C3)OC(=O)C3OC321. The molecule has 4 aliphatic carbocycles. The van der Waals surface area contributed by atoms with Crippen LogP contribution in [0.3, 0.4) is 0 Å². The molecule has 0 bridgehead atoms. The summed E-state index contributed by atoms with van der Waals surface area (Å²) in [7, 11) is 0. The number of ether oxygens (including phenoxy) is 4. The van der Waals surface area contributed by atoms with E-state index in [0.717, 1.165) is 64.6 Å². The van der Waals surface area contributed by atoms with Gasteiger partial charge in [-0.15, -0.1) is 0 Å². The lowest BCUT2D eigenvalue weighted by atomic mass is 9.32. The molecule has 9 fully saturated rings. The van der Waals surface area contributed by atoms with Gasteiger partial charge in [0, 0.05) is 40.8 Å². The molecule has 2 aromatic rings. The van der Waals surface area contributed by atoms with Gasteiger partial charge in [0.05, 0.1) is 49.7 Å². The van der Waals surface area contributed by atoms with Crippen molar-refractivity contribution in [3.63, 3.8) is 0 Å². The number of allylic oxidation sites excluding steroid dienone is 1. The molecule has 5 saturated heterocycles. The smallest absolute Gasteiger partial charge is 0.339 e. The van der Waals surface area contributed by atoms with Crippen LogP contribution in [0.15, 0.2) is 59.4 Å². The van der Waals surface area contributed by atoms with Gasteiger partial charge in [0.2, 0.25) is 0 Å². The number of nitrogens with zero attached hydrogens (tertiary/aromatic N) is 1. The first-order chi connectivity index (χ1) is 31.8. The third-order valence-corrected chi connectivity index (χ3v) is 20.1. The molecule has 13 heteroatoms. The number of aliphatic hydroxyl groups is 3. The predicted octanol–water partition coefficient (Wildman–Crippen LogP) is 5.44. The number of rotatable bonds is 9. The Balaban J connectivity index is 0.945. The fourth-order valence-electron chi connectivity index (χ4n) is 17.7. The summed E-state index contributed by atoms with van der Waals surface area (Å²) in [5.41, 5.74) is -3.43. The van der Waals surface area contributed by atoms with Gasteiger partial charge in [-0.2, -0.15) is 0 Å². The number of hydrogen-bond donors (Lipinski definition) is 4. The molecule has 18 atom stereocenters. The Morgan fingerprint density at radius 2 is 1.80 bits per heavy atom. The first kappa shape index (κ1) is 43.7. The predicted molar refractivity (Wildman–Crippen MR) is 238 cm³/mol. The number of Topliss-reactive ketones (excluding diaryl/α,β-unsaturated/α-hetero) is 1. The molecule has 1 aromatic carbocycles. The van der Waals surface area contributed by atoms with Gasteiger partial charge in [0.25, 0.3) is 0 Å². The quantitative estimate of drug-likeness (QED) is 0.185. The second-order valence-electron chi connectivity index (χ2n) is 23.2. The fraction of sp³-hybridized carbons (Fsp3) is 0.717. The Labute approximate surface area is 387 Å². The number of furan rings is 1. The van der Waals surface area contributed by atoms with Gasteiger partial charge in [-0.05, 0) is 124 Å². The summed E-state index contributed by atoms with van der Waals surface area (Å²) < 4.78 is 33.0. The van der Waals surface area contributed by atoms with Gasteiger partial charge in [-0.3, -0.25) is 14.9 Å². The van der Waals surface area contributed by atoms with Gasteiger partial charge < -0.3 is 43.6 Å². The highest BCUT2D eigenvalue weighted by atomic mass is 16.7. The van der Waals surface area contributed by atoms with Crippen LogP contribution in [0.5, 0.6) is 0 Å². The van der Waals surface area contributed by atoms with E-state index in [0.29, 0.717) is 48.5 Å². The molecule has 356 valence electrons. The zero-order valence-electron chi connectivity index (χ0n) is 38.6. The molecule has 1 aromatic heterocycles. The second-order valence-corrected chi connectivity index (χ2v) is 23.2. The van der Waals surface area contributed by atoms with Crippen LogP contribution in [0.2, 0.25) is 0 Å². The number of hydrogen-bond acceptors (Lipinski definition) is 13. The van der Waals surface area contributed by atoms with E-state index in [2.05, 4.69) is 53.7 Å². The van der Waals surface area contributed by atoms with E-state index >= 15 is 4.79 Å². The zero-order chi connectivity index (χ0) is 45.5. The number of cyclic esters (lactones) is 2. The first-order valence-electron chi connectivity index (χ1n) is 25.3. The Morgan fingerprint density at radius 3 is 2.62 bits per heavy atom. The van der Waals surface area contributed by atoms with E-state index in [4.69, 9.17) is 23.4 Å². The minimum Gasteiger partial charge on any atom is -0.469 e. The van der Waals surface area contributed by atoms with E-state index in [9.17, 15) is 24.9 Å². The summed E-state index contributed by atoms with van der Waals surface area (Å²) in [6, 6.07) is 12.8. The van der Waals surface area contributed by atoms with Crippen molar-refractivity contribution in [1.29, 1.82) is 0 Å². The topological polar surface area (TPSA) is 181 Å². The van der Waals surface area contributed by atoms with E-state index < -0.39 is 69.9 Å². The van der Waals surface area contributed by atoms with Crippen molar-refractivity contribution in [1.82, 2.24) is 10.2 Å². The number of carbonyl (C=O) groups excluding carboxylic acids is 3. The van der Waals surface area contributed by atoms with E-state index in [-0.39, 0.29) is 61.0 Å². The average Bonchev–Trinajstić information content (AvgIpc) is 3.54. The van der Waals surface area contributed by atoms with Gasteiger partial charge >= 0.3 is 11.9 Å². The summed E-state index contributed by atoms with van der Waals surface area (Å²) in [4.78, 5) is 46.0. The van der Waals surface area contributed by atoms with Crippen molar-refractivity contribution >= 4 is 17.7 Å². The van der Waals surface area contributed by atoms with Gasteiger partial charge in [0.1, 0.15) is 30.2 Å². The van der Waals surface area contributed by atoms with Crippen molar-refractivity contribution < 1.29 is 53.1 Å². The molecular formula is C53H68N2O11. The largest absolute Gasteiger partial charge is 0.469 e. The number of benzene rings is 1. The molecule has 66 heavy (non-hydrogen) atoms. The highest BCUT2D eigenvalue weighted by molar-refractivity contribution is 5.92. The molecule has 7 heterocycles. The normalized spacial score (nSPS) is 46.0. The van der Waals surface area contributed by atoms with E-state index in [1.165, 1.54) is 5.56 Å². The van der Waals surface area contributed by atoms with Crippen molar-refractivity contribution in [2.45, 2.75) is 146 Å². The lowest BCUT2D eigenvalue weighted by Gasteiger charge is -2.70. The third kappa shape index (κ3) is 5.88. The summed E-state index contributed by atoms with van der Waals surface area (Å²) in [6.07, 6.45) is 9.89. The summed E-state index contributed by atoms with van der Waals surface area (Å²) in [6.45, 7) is 7.43. The molecule has 0 amide bonds. The molecule has 18 unspecified atom stereocenters. The van der Waals surface area contributed by atoms with Crippen LogP contribution in [0, 0.1) is 63.6 Å². The molecule has 6 aliphatic heterocycles. The van der Waals surface area contributed by atoms with Crippen LogP contribution >= 0.6 is 0 Å². The third-order valence-electron chi connectivity index (χ3n) is 20.1. The maximum atomic E-state index is 15.6. The van der Waals surface area contributed by atoms with Gasteiger partial charge in [-0.1, -0.05) is 56.2 Å². The van der Waals surface area contributed by atoms with E-state index in [1.807, 2.05) is 26.0 Å². The average molecular weight is 909 g/mol. The number of carbonyl (C=O) groups is 3. The maximum absolute atomic E-state index is 15.6. The molecule has 4 N–H and O–H groups in total. The van der Waals surface area contributed by atoms with Gasteiger partial charge in [0.15, 0.2) is 11.9 Å². The summed E-state index contributed by atoms with van der Waals surface area (Å²) >= 11 is 0. The van der Waals surface area contributed by atoms with Crippen LogP contribution in [-0.2, 0) is 46.2 Å². The molecule has 12 rings (SSSR count). The van der Waals surface area contributed by atoms with Crippen LogP contribution in [0.25, 0.3) is 0 Å². The molecule has 13 nitrogen and oxygen atoms in total. The van der Waals surface area contributed by atoms with Crippen molar-refractivity contribution in [2.24, 2.45) is 63.6 Å². The number of fused-ring (bicyclic) bond motifs is 4. The Kier molecular flexibility index (Phi) is 10.2. The lowest BCUT2D eigenvalue weighted by Crippen LogP contribution is -2.79. The minimum atomic E-state index is -1.47. The van der Waals surface area contributed by atoms with Crippen LogP contribution in [-0.4, -0.2) is 106 Å². The minimum absolute atomic E-state index is 0.00971. The Bertz CT molecular complexity index is 2280. The van der Waals surface area contributed by atoms with Crippen LogP contribution < -0.4 is 5.32 Å². The van der Waals surface area contributed by atoms with Crippen molar-refractivity contribution in [2.75, 3.05) is 26.4 Å². The van der Waals surface area contributed by atoms with Crippen molar-refractivity contribution in [3.8, 4) is 0 Å².